The minimum atomic E-state index is -0.739. The molecule has 0 spiro atoms. The summed E-state index contributed by atoms with van der Waals surface area (Å²) < 4.78 is 4.78. The molecule has 2 amide bonds. The van der Waals surface area contributed by atoms with Gasteiger partial charge in [0.25, 0.3) is 5.91 Å². The number of alkyl carbamates (subject to hydrolysis) is 1. The van der Waals surface area contributed by atoms with Gasteiger partial charge in [-0.2, -0.15) is 0 Å². The Labute approximate surface area is 112 Å². The second-order valence-corrected chi connectivity index (χ2v) is 4.06. The van der Waals surface area contributed by atoms with E-state index in [0.717, 1.165) is 10.6 Å². The first-order valence-electron chi connectivity index (χ1n) is 6.04. The Morgan fingerprint density at radius 1 is 1.37 bits per heavy atom. The summed E-state index contributed by atoms with van der Waals surface area (Å²) >= 11 is 0. The number of nitrogens with two attached hydrogens (primary N) is 1. The monoisotopic (exact) mass is 265 g/mol. The van der Waals surface area contributed by atoms with Gasteiger partial charge in [-0.3, -0.25) is 9.80 Å². The second kappa shape index (κ2) is 7.38. The molecule has 0 saturated heterocycles. The number of amides is 2. The van der Waals surface area contributed by atoms with E-state index in [9.17, 15) is 9.59 Å². The molecule has 0 aliphatic rings. The Morgan fingerprint density at radius 2 is 2.00 bits per heavy atom. The maximum atomic E-state index is 11.9. The molecule has 19 heavy (non-hydrogen) atoms. The van der Waals surface area contributed by atoms with Gasteiger partial charge in [0, 0.05) is 13.5 Å². The van der Waals surface area contributed by atoms with Gasteiger partial charge in [-0.1, -0.05) is 30.3 Å². The highest BCUT2D eigenvalue weighted by Gasteiger charge is 2.23. The summed E-state index contributed by atoms with van der Waals surface area (Å²) in [6.07, 6.45) is -0.265. The van der Waals surface area contributed by atoms with Crippen molar-refractivity contribution in [1.82, 2.24) is 10.3 Å². The van der Waals surface area contributed by atoms with Crippen LogP contribution >= 0.6 is 0 Å². The molecule has 0 saturated carbocycles. The summed E-state index contributed by atoms with van der Waals surface area (Å²) in [6.45, 7) is 1.94. The number of likely N-dealkylation sites (N-methyl/N-ethyl adjacent to an activating group) is 1. The number of hydrazine groups is 1. The number of carbonyl (C=O) groups is 2. The fourth-order valence-electron chi connectivity index (χ4n) is 1.61. The number of hydrogen-bond acceptors (Lipinski definition) is 4. The van der Waals surface area contributed by atoms with E-state index in [-0.39, 0.29) is 12.5 Å². The molecule has 0 fully saturated rings. The molecule has 0 aliphatic carbocycles. The summed E-state index contributed by atoms with van der Waals surface area (Å²) in [5.74, 6) is 5.05. The molecule has 0 heterocycles. The number of carbonyl (C=O) groups excluding carboxylic acids is 2. The van der Waals surface area contributed by atoms with Crippen molar-refractivity contribution < 1.29 is 14.3 Å². The average molecular weight is 265 g/mol. The molecule has 0 bridgehead atoms. The average Bonchev–Trinajstić information content (AvgIpc) is 2.38. The van der Waals surface area contributed by atoms with Crippen LogP contribution in [0.5, 0.6) is 0 Å². The molecule has 0 aromatic heterocycles. The maximum Gasteiger partial charge on any atom is 0.407 e. The van der Waals surface area contributed by atoms with E-state index in [1.165, 1.54) is 7.05 Å². The highest BCUT2D eigenvalue weighted by atomic mass is 16.5. The molecule has 1 rings (SSSR count). The van der Waals surface area contributed by atoms with E-state index in [0.29, 0.717) is 6.42 Å². The van der Waals surface area contributed by atoms with Crippen LogP contribution in [0, 0.1) is 0 Å². The van der Waals surface area contributed by atoms with Crippen molar-refractivity contribution in [3.63, 3.8) is 0 Å². The third kappa shape index (κ3) is 4.97. The van der Waals surface area contributed by atoms with Crippen LogP contribution in [0.15, 0.2) is 30.3 Å². The number of hydrogen-bond donors (Lipinski definition) is 2. The van der Waals surface area contributed by atoms with Crippen molar-refractivity contribution in [2.45, 2.75) is 19.4 Å². The zero-order valence-corrected chi connectivity index (χ0v) is 11.1. The Morgan fingerprint density at radius 3 is 2.53 bits per heavy atom. The van der Waals surface area contributed by atoms with Crippen molar-refractivity contribution in [2.75, 3.05) is 13.7 Å². The van der Waals surface area contributed by atoms with Gasteiger partial charge in [-0.05, 0) is 12.5 Å². The molecule has 6 heteroatoms. The molecule has 0 unspecified atom stereocenters. The van der Waals surface area contributed by atoms with Gasteiger partial charge in [0.1, 0.15) is 6.04 Å². The molecule has 1 aromatic rings. The highest BCUT2D eigenvalue weighted by Crippen LogP contribution is 2.05. The first kappa shape index (κ1) is 15.0. The lowest BCUT2D eigenvalue weighted by Gasteiger charge is -2.21. The summed E-state index contributed by atoms with van der Waals surface area (Å²) in [5.41, 5.74) is 0.930. The van der Waals surface area contributed by atoms with E-state index in [1.54, 1.807) is 6.92 Å². The molecule has 0 radical (unpaired) electrons. The Hall–Kier alpha value is -2.08. The van der Waals surface area contributed by atoms with Gasteiger partial charge >= 0.3 is 6.09 Å². The number of ether oxygens (including phenoxy) is 1. The molecular formula is C13H19N3O3. The number of nitrogens with zero attached hydrogens (tertiary/aromatic N) is 1. The van der Waals surface area contributed by atoms with Gasteiger partial charge in [0.2, 0.25) is 0 Å². The third-order valence-electron chi connectivity index (χ3n) is 2.50. The summed E-state index contributed by atoms with van der Waals surface area (Å²) in [4.78, 5) is 23.3. The molecule has 0 aliphatic heterocycles. The first-order chi connectivity index (χ1) is 9.04. The van der Waals surface area contributed by atoms with Crippen LogP contribution in [0.4, 0.5) is 4.79 Å². The fraction of sp³-hybridized carbons (Fsp3) is 0.385. The van der Waals surface area contributed by atoms with E-state index in [2.05, 4.69) is 5.32 Å². The van der Waals surface area contributed by atoms with Gasteiger partial charge < -0.3 is 10.1 Å². The minimum Gasteiger partial charge on any atom is -0.450 e. The predicted octanol–water partition coefficient (Wildman–Crippen LogP) is 0.676. The number of nitrogens with one attached hydrogen (secondary N) is 1. The van der Waals surface area contributed by atoms with Crippen LogP contribution in [0.25, 0.3) is 0 Å². The van der Waals surface area contributed by atoms with Crippen LogP contribution in [-0.2, 0) is 16.0 Å². The summed E-state index contributed by atoms with van der Waals surface area (Å²) in [5, 5.41) is 3.47. The summed E-state index contributed by atoms with van der Waals surface area (Å²) in [6, 6.07) is 8.64. The van der Waals surface area contributed by atoms with Crippen LogP contribution in [0.1, 0.15) is 12.5 Å². The fourth-order valence-corrected chi connectivity index (χ4v) is 1.61. The van der Waals surface area contributed by atoms with Crippen LogP contribution in [0.3, 0.4) is 0 Å². The van der Waals surface area contributed by atoms with Crippen LogP contribution < -0.4 is 11.2 Å². The molecule has 1 atom stereocenters. The van der Waals surface area contributed by atoms with Gasteiger partial charge in [0.15, 0.2) is 0 Å². The third-order valence-corrected chi connectivity index (χ3v) is 2.50. The molecule has 6 nitrogen and oxygen atoms in total. The lowest BCUT2D eigenvalue weighted by Crippen LogP contribution is -2.50. The SMILES string of the molecule is CCOC(=O)N[C@@H](Cc1ccccc1)C(=O)N(C)N. The van der Waals surface area contributed by atoms with Crippen molar-refractivity contribution in [3.05, 3.63) is 35.9 Å². The number of benzene rings is 1. The zero-order chi connectivity index (χ0) is 14.3. The molecule has 104 valence electrons. The largest absolute Gasteiger partial charge is 0.450 e. The normalized spacial score (nSPS) is 11.5. The standard InChI is InChI=1S/C13H19N3O3/c1-3-19-13(18)15-11(12(17)16(2)14)9-10-7-5-4-6-8-10/h4-8,11H,3,9,14H2,1-2H3,(H,15,18)/t11-/m0/s1. The Bertz CT molecular complexity index is 420. The molecule has 3 N–H and O–H groups in total. The van der Waals surface area contributed by atoms with Crippen LogP contribution in [0.2, 0.25) is 0 Å². The second-order valence-electron chi connectivity index (χ2n) is 4.06. The quantitative estimate of drug-likeness (QED) is 0.465. The van der Waals surface area contributed by atoms with Crippen molar-refractivity contribution in [3.8, 4) is 0 Å². The zero-order valence-electron chi connectivity index (χ0n) is 11.1. The van der Waals surface area contributed by atoms with E-state index >= 15 is 0 Å². The van der Waals surface area contributed by atoms with Crippen molar-refractivity contribution in [1.29, 1.82) is 0 Å². The van der Waals surface area contributed by atoms with Crippen LogP contribution in [-0.4, -0.2) is 36.7 Å². The van der Waals surface area contributed by atoms with E-state index < -0.39 is 12.1 Å². The lowest BCUT2D eigenvalue weighted by atomic mass is 10.1. The van der Waals surface area contributed by atoms with Gasteiger partial charge in [-0.15, -0.1) is 0 Å². The molecular weight excluding hydrogens is 246 g/mol. The topological polar surface area (TPSA) is 84.7 Å². The minimum absolute atomic E-state index is 0.247. The molecule has 1 aromatic carbocycles. The number of rotatable bonds is 5. The Kier molecular flexibility index (Phi) is 5.81. The first-order valence-corrected chi connectivity index (χ1v) is 6.04. The highest BCUT2D eigenvalue weighted by molar-refractivity contribution is 5.85. The van der Waals surface area contributed by atoms with Crippen molar-refractivity contribution in [2.24, 2.45) is 5.84 Å². The van der Waals surface area contributed by atoms with E-state index in [1.807, 2.05) is 30.3 Å². The summed E-state index contributed by atoms with van der Waals surface area (Å²) in [7, 11) is 1.44. The Balaban J connectivity index is 2.75. The maximum absolute atomic E-state index is 11.9. The van der Waals surface area contributed by atoms with Gasteiger partial charge in [-0.25, -0.2) is 10.6 Å². The smallest absolute Gasteiger partial charge is 0.407 e. The van der Waals surface area contributed by atoms with Crippen molar-refractivity contribution >= 4 is 12.0 Å². The van der Waals surface area contributed by atoms with Gasteiger partial charge in [0.05, 0.1) is 6.61 Å². The lowest BCUT2D eigenvalue weighted by molar-refractivity contribution is -0.132. The van der Waals surface area contributed by atoms with E-state index in [4.69, 9.17) is 10.6 Å². The predicted molar refractivity (Wildman–Crippen MR) is 71.0 cm³/mol.